The van der Waals surface area contributed by atoms with Crippen molar-refractivity contribution < 1.29 is 0 Å². The highest BCUT2D eigenvalue weighted by atomic mass is 15.3. The van der Waals surface area contributed by atoms with Gasteiger partial charge in [0.05, 0.1) is 6.20 Å². The van der Waals surface area contributed by atoms with Crippen LogP contribution in [0.5, 0.6) is 0 Å². The third kappa shape index (κ3) is 1.26. The summed E-state index contributed by atoms with van der Waals surface area (Å²) in [5.74, 6) is 1.07. The van der Waals surface area contributed by atoms with Gasteiger partial charge in [0.1, 0.15) is 5.52 Å². The smallest absolute Gasteiger partial charge is 0.198 e. The maximum absolute atomic E-state index is 4.34. The van der Waals surface area contributed by atoms with E-state index in [2.05, 4.69) is 20.3 Å². The van der Waals surface area contributed by atoms with Crippen LogP contribution in [0, 0.1) is 0 Å². The first kappa shape index (κ1) is 8.10. The van der Waals surface area contributed by atoms with Crippen molar-refractivity contribution in [3.05, 3.63) is 12.0 Å². The molecule has 0 aliphatic rings. The van der Waals surface area contributed by atoms with Gasteiger partial charge in [-0.25, -0.2) is 9.67 Å². The van der Waals surface area contributed by atoms with Crippen LogP contribution in [-0.2, 0) is 7.05 Å². The van der Waals surface area contributed by atoms with E-state index in [1.54, 1.807) is 10.9 Å². The fraction of sp³-hybridized carbons (Fsp3) is 0.500. The summed E-state index contributed by atoms with van der Waals surface area (Å²) in [7, 11) is 1.83. The Bertz CT molecular complexity index is 431. The van der Waals surface area contributed by atoms with Gasteiger partial charge in [-0.3, -0.25) is 0 Å². The van der Waals surface area contributed by atoms with Crippen LogP contribution in [0.2, 0.25) is 0 Å². The first-order valence-corrected chi connectivity index (χ1v) is 4.21. The molecule has 5 nitrogen and oxygen atoms in total. The Balaban J connectivity index is 2.63. The number of aryl methyl sites for hydroxylation is 1. The lowest BCUT2D eigenvalue weighted by Crippen LogP contribution is -2.01. The van der Waals surface area contributed by atoms with Gasteiger partial charge in [-0.2, -0.15) is 5.10 Å². The number of hydrogen-bond donors (Lipinski definition) is 0. The molecule has 68 valence electrons. The van der Waals surface area contributed by atoms with E-state index >= 15 is 0 Å². The molecule has 0 radical (unpaired) electrons. The van der Waals surface area contributed by atoms with Crippen LogP contribution in [0.3, 0.4) is 0 Å². The zero-order valence-corrected chi connectivity index (χ0v) is 7.89. The molecule has 13 heavy (non-hydrogen) atoms. The molecular weight excluding hydrogens is 166 g/mol. The normalized spacial score (nSPS) is 11.4. The number of fused-ring (bicyclic) bond motifs is 1. The van der Waals surface area contributed by atoms with Crippen molar-refractivity contribution in [2.75, 3.05) is 0 Å². The summed E-state index contributed by atoms with van der Waals surface area (Å²) >= 11 is 0. The molecule has 0 atom stereocenters. The second-order valence-corrected chi connectivity index (χ2v) is 3.30. The second-order valence-electron chi connectivity index (χ2n) is 3.30. The van der Waals surface area contributed by atoms with E-state index in [0.29, 0.717) is 5.92 Å². The van der Waals surface area contributed by atoms with Crippen LogP contribution >= 0.6 is 0 Å². The van der Waals surface area contributed by atoms with Crippen LogP contribution in [0.25, 0.3) is 11.2 Å². The van der Waals surface area contributed by atoms with Crippen molar-refractivity contribution in [2.24, 2.45) is 7.05 Å². The number of aromatic nitrogens is 5. The van der Waals surface area contributed by atoms with Crippen molar-refractivity contribution >= 4 is 11.2 Å². The Morgan fingerprint density at radius 1 is 1.31 bits per heavy atom. The fourth-order valence-electron chi connectivity index (χ4n) is 1.10. The monoisotopic (exact) mass is 177 g/mol. The van der Waals surface area contributed by atoms with Crippen molar-refractivity contribution in [1.29, 1.82) is 0 Å². The average molecular weight is 177 g/mol. The van der Waals surface area contributed by atoms with E-state index in [1.165, 1.54) is 0 Å². The maximum Gasteiger partial charge on any atom is 0.198 e. The SMILES string of the molecule is CC(C)c1nnc2c(cnn2C)n1. The molecule has 2 aromatic heterocycles. The highest BCUT2D eigenvalue weighted by Crippen LogP contribution is 2.11. The van der Waals surface area contributed by atoms with E-state index in [-0.39, 0.29) is 0 Å². The fourth-order valence-corrected chi connectivity index (χ4v) is 1.10. The minimum Gasteiger partial charge on any atom is -0.248 e. The zero-order valence-electron chi connectivity index (χ0n) is 7.89. The Hall–Kier alpha value is -1.52. The van der Waals surface area contributed by atoms with E-state index in [4.69, 9.17) is 0 Å². The van der Waals surface area contributed by atoms with Gasteiger partial charge in [0, 0.05) is 13.0 Å². The molecule has 0 bridgehead atoms. The summed E-state index contributed by atoms with van der Waals surface area (Å²) < 4.78 is 1.67. The minimum absolute atomic E-state index is 0.303. The lowest BCUT2D eigenvalue weighted by Gasteiger charge is -2.00. The molecule has 0 amide bonds. The molecule has 2 rings (SSSR count). The molecule has 0 saturated heterocycles. The molecular formula is C8H11N5. The van der Waals surface area contributed by atoms with Crippen LogP contribution in [0.4, 0.5) is 0 Å². The van der Waals surface area contributed by atoms with Crippen LogP contribution < -0.4 is 0 Å². The minimum atomic E-state index is 0.303. The summed E-state index contributed by atoms with van der Waals surface area (Å²) in [6.07, 6.45) is 1.70. The van der Waals surface area contributed by atoms with Crippen molar-refractivity contribution in [3.8, 4) is 0 Å². The van der Waals surface area contributed by atoms with Gasteiger partial charge in [0.15, 0.2) is 11.5 Å². The molecule has 2 heterocycles. The van der Waals surface area contributed by atoms with Gasteiger partial charge in [-0.15, -0.1) is 10.2 Å². The van der Waals surface area contributed by atoms with E-state index in [1.807, 2.05) is 20.9 Å². The molecule has 0 N–H and O–H groups in total. The van der Waals surface area contributed by atoms with Crippen molar-refractivity contribution in [1.82, 2.24) is 25.0 Å². The summed E-state index contributed by atoms with van der Waals surface area (Å²) in [5.41, 5.74) is 1.53. The summed E-state index contributed by atoms with van der Waals surface area (Å²) in [5, 5.41) is 12.1. The summed E-state index contributed by atoms with van der Waals surface area (Å²) in [6.45, 7) is 4.08. The Kier molecular flexibility index (Phi) is 1.72. The van der Waals surface area contributed by atoms with Gasteiger partial charge in [-0.05, 0) is 0 Å². The number of rotatable bonds is 1. The third-order valence-corrected chi connectivity index (χ3v) is 1.89. The van der Waals surface area contributed by atoms with Crippen LogP contribution in [0.15, 0.2) is 6.20 Å². The molecule has 0 unspecified atom stereocenters. The van der Waals surface area contributed by atoms with E-state index in [9.17, 15) is 0 Å². The van der Waals surface area contributed by atoms with Gasteiger partial charge in [0.2, 0.25) is 0 Å². The van der Waals surface area contributed by atoms with Crippen molar-refractivity contribution in [3.63, 3.8) is 0 Å². The maximum atomic E-state index is 4.34. The van der Waals surface area contributed by atoms with Gasteiger partial charge < -0.3 is 0 Å². The topological polar surface area (TPSA) is 56.5 Å². The Labute approximate surface area is 75.8 Å². The lowest BCUT2D eigenvalue weighted by atomic mass is 10.2. The molecule has 0 aliphatic carbocycles. The molecule has 0 spiro atoms. The predicted molar refractivity (Wildman–Crippen MR) is 48.2 cm³/mol. The van der Waals surface area contributed by atoms with Gasteiger partial charge in [-0.1, -0.05) is 13.8 Å². The average Bonchev–Trinajstić information content (AvgIpc) is 2.47. The summed E-state index contributed by atoms with van der Waals surface area (Å²) in [4.78, 5) is 4.34. The standard InChI is InChI=1S/C8H11N5/c1-5(2)7-10-6-4-9-13(3)8(6)12-11-7/h4-5H,1-3H3. The lowest BCUT2D eigenvalue weighted by molar-refractivity contribution is 0.732. The quantitative estimate of drug-likeness (QED) is 0.648. The van der Waals surface area contributed by atoms with E-state index < -0.39 is 0 Å². The van der Waals surface area contributed by atoms with Crippen LogP contribution in [-0.4, -0.2) is 25.0 Å². The molecule has 0 aromatic carbocycles. The first-order valence-electron chi connectivity index (χ1n) is 4.21. The largest absolute Gasteiger partial charge is 0.248 e. The number of hydrogen-bond acceptors (Lipinski definition) is 4. The molecule has 0 fully saturated rings. The molecule has 0 saturated carbocycles. The molecule has 2 aromatic rings. The number of nitrogens with zero attached hydrogens (tertiary/aromatic N) is 5. The molecule has 0 aliphatic heterocycles. The Morgan fingerprint density at radius 3 is 2.77 bits per heavy atom. The van der Waals surface area contributed by atoms with Crippen molar-refractivity contribution in [2.45, 2.75) is 19.8 Å². The predicted octanol–water partition coefficient (Wildman–Crippen LogP) is 0.882. The van der Waals surface area contributed by atoms with E-state index in [0.717, 1.165) is 17.0 Å². The third-order valence-electron chi connectivity index (χ3n) is 1.89. The zero-order chi connectivity index (χ0) is 9.42. The summed E-state index contributed by atoms with van der Waals surface area (Å²) in [6, 6.07) is 0. The van der Waals surface area contributed by atoms with Gasteiger partial charge >= 0.3 is 0 Å². The van der Waals surface area contributed by atoms with Crippen LogP contribution in [0.1, 0.15) is 25.6 Å². The highest BCUT2D eigenvalue weighted by Gasteiger charge is 2.07. The molecule has 5 heteroatoms. The van der Waals surface area contributed by atoms with Gasteiger partial charge in [0.25, 0.3) is 0 Å². The first-order chi connectivity index (χ1) is 6.18. The second kappa shape index (κ2) is 2.76. The Morgan fingerprint density at radius 2 is 2.08 bits per heavy atom. The highest BCUT2D eigenvalue weighted by molar-refractivity contribution is 5.68.